The van der Waals surface area contributed by atoms with Crippen molar-refractivity contribution in [2.24, 2.45) is 0 Å². The van der Waals surface area contributed by atoms with Crippen molar-refractivity contribution in [2.75, 3.05) is 10.6 Å². The Hall–Kier alpha value is -3.02. The lowest BCUT2D eigenvalue weighted by Gasteiger charge is -2.15. The molecule has 0 saturated carbocycles. The summed E-state index contributed by atoms with van der Waals surface area (Å²) in [4.78, 5) is 13.3. The third kappa shape index (κ3) is 4.33. The minimum Gasteiger partial charge on any atom is -0.352 e. The van der Waals surface area contributed by atoms with Gasteiger partial charge >= 0.3 is 0 Å². The molecule has 0 aliphatic rings. The zero-order valence-electron chi connectivity index (χ0n) is 15.1. The van der Waals surface area contributed by atoms with E-state index in [1.807, 2.05) is 18.2 Å². The molecule has 5 nitrogen and oxygen atoms in total. The molecule has 0 aliphatic heterocycles. The van der Waals surface area contributed by atoms with Crippen molar-refractivity contribution in [1.29, 1.82) is 0 Å². The van der Waals surface area contributed by atoms with Crippen LogP contribution in [0.15, 0.2) is 48.8 Å². The number of benzene rings is 1. The van der Waals surface area contributed by atoms with Crippen LogP contribution >= 0.6 is 0 Å². The molecule has 0 amide bonds. The summed E-state index contributed by atoms with van der Waals surface area (Å²) in [6, 6.07) is 10.8. The quantitative estimate of drug-likeness (QED) is 0.658. The maximum atomic E-state index is 13.5. The summed E-state index contributed by atoms with van der Waals surface area (Å²) in [5.74, 6) is 0.950. The molecule has 0 spiro atoms. The van der Waals surface area contributed by atoms with Crippen molar-refractivity contribution >= 4 is 17.5 Å². The topological polar surface area (TPSA) is 62.7 Å². The Bertz CT molecular complexity index is 883. The standard InChI is InChI=1S/C20H22FN5/c1-4-14(3)23-20-25-18(15-6-5-9-22-12-15)11-19(26-20)24-16-7-8-17(21)13(2)10-16/h5-12,14H,4H2,1-3H3,(H2,23,24,25,26)/t14-/m0/s1. The monoisotopic (exact) mass is 351 g/mol. The number of hydrogen-bond acceptors (Lipinski definition) is 5. The summed E-state index contributed by atoms with van der Waals surface area (Å²) in [7, 11) is 0. The highest BCUT2D eigenvalue weighted by Gasteiger charge is 2.10. The molecule has 0 saturated heterocycles. The van der Waals surface area contributed by atoms with Crippen molar-refractivity contribution in [3.8, 4) is 11.3 Å². The van der Waals surface area contributed by atoms with Crippen LogP contribution < -0.4 is 10.6 Å². The van der Waals surface area contributed by atoms with Gasteiger partial charge in [-0.2, -0.15) is 4.98 Å². The number of pyridine rings is 1. The number of nitrogens with zero attached hydrogens (tertiary/aromatic N) is 3. The summed E-state index contributed by atoms with van der Waals surface area (Å²) < 4.78 is 13.5. The van der Waals surface area contributed by atoms with Crippen LogP contribution in [0.25, 0.3) is 11.3 Å². The molecule has 2 N–H and O–H groups in total. The van der Waals surface area contributed by atoms with Crippen LogP contribution in [0.5, 0.6) is 0 Å². The second-order valence-corrected chi connectivity index (χ2v) is 6.25. The Morgan fingerprint density at radius 2 is 2.00 bits per heavy atom. The molecular weight excluding hydrogens is 329 g/mol. The fraction of sp³-hybridized carbons (Fsp3) is 0.250. The molecule has 0 aliphatic carbocycles. The Labute approximate surface area is 152 Å². The first-order valence-corrected chi connectivity index (χ1v) is 8.64. The van der Waals surface area contributed by atoms with E-state index < -0.39 is 0 Å². The Balaban J connectivity index is 1.97. The molecule has 6 heteroatoms. The van der Waals surface area contributed by atoms with Gasteiger partial charge in [0, 0.05) is 35.8 Å². The third-order valence-corrected chi connectivity index (χ3v) is 4.10. The number of anilines is 3. The third-order valence-electron chi connectivity index (χ3n) is 4.10. The largest absolute Gasteiger partial charge is 0.352 e. The normalized spacial score (nSPS) is 11.8. The van der Waals surface area contributed by atoms with Crippen LogP contribution in [-0.4, -0.2) is 21.0 Å². The molecule has 134 valence electrons. The first-order chi connectivity index (χ1) is 12.5. The summed E-state index contributed by atoms with van der Waals surface area (Å²) in [5.41, 5.74) is 3.02. The molecule has 1 atom stereocenters. The van der Waals surface area contributed by atoms with Gasteiger partial charge in [-0.1, -0.05) is 6.92 Å². The molecule has 3 aromatic rings. The average molecular weight is 351 g/mol. The first kappa shape index (κ1) is 17.8. The fourth-order valence-corrected chi connectivity index (χ4v) is 2.43. The highest BCUT2D eigenvalue weighted by Crippen LogP contribution is 2.24. The van der Waals surface area contributed by atoms with E-state index in [0.717, 1.165) is 23.4 Å². The maximum Gasteiger partial charge on any atom is 0.225 e. The van der Waals surface area contributed by atoms with Gasteiger partial charge in [0.25, 0.3) is 0 Å². The van der Waals surface area contributed by atoms with Gasteiger partial charge < -0.3 is 10.6 Å². The average Bonchev–Trinajstić information content (AvgIpc) is 2.65. The molecule has 1 aromatic carbocycles. The van der Waals surface area contributed by atoms with E-state index >= 15 is 0 Å². The lowest BCUT2D eigenvalue weighted by Crippen LogP contribution is -2.16. The number of aryl methyl sites for hydroxylation is 1. The minimum atomic E-state index is -0.228. The molecule has 26 heavy (non-hydrogen) atoms. The summed E-state index contributed by atoms with van der Waals surface area (Å²) >= 11 is 0. The molecule has 0 unspecified atom stereocenters. The predicted octanol–water partition coefficient (Wildman–Crippen LogP) is 4.94. The van der Waals surface area contributed by atoms with Crippen LogP contribution in [-0.2, 0) is 0 Å². The van der Waals surface area contributed by atoms with Gasteiger partial charge in [0.05, 0.1) is 5.69 Å². The lowest BCUT2D eigenvalue weighted by atomic mass is 10.2. The molecular formula is C20H22FN5. The highest BCUT2D eigenvalue weighted by molar-refractivity contribution is 5.67. The van der Waals surface area contributed by atoms with Crippen molar-refractivity contribution in [3.05, 3.63) is 60.2 Å². The van der Waals surface area contributed by atoms with E-state index in [1.54, 1.807) is 31.5 Å². The van der Waals surface area contributed by atoms with Crippen LogP contribution in [0.2, 0.25) is 0 Å². The van der Waals surface area contributed by atoms with Crippen LogP contribution in [0, 0.1) is 12.7 Å². The molecule has 0 bridgehead atoms. The predicted molar refractivity (Wildman–Crippen MR) is 103 cm³/mol. The van der Waals surface area contributed by atoms with Crippen molar-refractivity contribution in [2.45, 2.75) is 33.2 Å². The number of rotatable bonds is 6. The summed E-state index contributed by atoms with van der Waals surface area (Å²) in [5, 5.41) is 6.54. The van der Waals surface area contributed by atoms with E-state index in [0.29, 0.717) is 17.3 Å². The molecule has 2 heterocycles. The Kier molecular flexibility index (Phi) is 5.41. The first-order valence-electron chi connectivity index (χ1n) is 8.64. The molecule has 2 aromatic heterocycles. The minimum absolute atomic E-state index is 0.228. The van der Waals surface area contributed by atoms with Gasteiger partial charge in [-0.15, -0.1) is 0 Å². The number of hydrogen-bond donors (Lipinski definition) is 2. The van der Waals surface area contributed by atoms with Gasteiger partial charge in [-0.3, -0.25) is 4.98 Å². The molecule has 3 rings (SSSR count). The van der Waals surface area contributed by atoms with E-state index in [1.165, 1.54) is 6.07 Å². The Morgan fingerprint density at radius 1 is 1.15 bits per heavy atom. The zero-order chi connectivity index (χ0) is 18.5. The lowest BCUT2D eigenvalue weighted by molar-refractivity contribution is 0.619. The van der Waals surface area contributed by atoms with Gasteiger partial charge in [-0.05, 0) is 56.2 Å². The second-order valence-electron chi connectivity index (χ2n) is 6.25. The number of nitrogens with one attached hydrogen (secondary N) is 2. The number of halogens is 1. The van der Waals surface area contributed by atoms with Crippen LogP contribution in [0.3, 0.4) is 0 Å². The Morgan fingerprint density at radius 3 is 2.69 bits per heavy atom. The van der Waals surface area contributed by atoms with E-state index in [-0.39, 0.29) is 11.9 Å². The maximum absolute atomic E-state index is 13.5. The fourth-order valence-electron chi connectivity index (χ4n) is 2.43. The van der Waals surface area contributed by atoms with E-state index in [9.17, 15) is 4.39 Å². The van der Waals surface area contributed by atoms with E-state index in [4.69, 9.17) is 0 Å². The van der Waals surface area contributed by atoms with Gasteiger partial charge in [0.2, 0.25) is 5.95 Å². The van der Waals surface area contributed by atoms with E-state index in [2.05, 4.69) is 39.4 Å². The molecule has 0 radical (unpaired) electrons. The summed E-state index contributed by atoms with van der Waals surface area (Å²) in [6.07, 6.45) is 4.45. The molecule has 0 fully saturated rings. The van der Waals surface area contributed by atoms with Gasteiger partial charge in [0.1, 0.15) is 11.6 Å². The van der Waals surface area contributed by atoms with Crippen LogP contribution in [0.4, 0.5) is 21.8 Å². The second kappa shape index (κ2) is 7.91. The van der Waals surface area contributed by atoms with Crippen molar-refractivity contribution in [3.63, 3.8) is 0 Å². The zero-order valence-corrected chi connectivity index (χ0v) is 15.1. The highest BCUT2D eigenvalue weighted by atomic mass is 19.1. The van der Waals surface area contributed by atoms with Gasteiger partial charge in [-0.25, -0.2) is 9.37 Å². The van der Waals surface area contributed by atoms with Crippen LogP contribution in [0.1, 0.15) is 25.8 Å². The number of aromatic nitrogens is 3. The van der Waals surface area contributed by atoms with Crippen molar-refractivity contribution in [1.82, 2.24) is 15.0 Å². The smallest absolute Gasteiger partial charge is 0.225 e. The summed E-state index contributed by atoms with van der Waals surface area (Å²) in [6.45, 7) is 5.91. The SMILES string of the molecule is CC[C@H](C)Nc1nc(Nc2ccc(F)c(C)c2)cc(-c2cccnc2)n1. The van der Waals surface area contributed by atoms with Crippen molar-refractivity contribution < 1.29 is 4.39 Å². The van der Waals surface area contributed by atoms with Gasteiger partial charge in [0.15, 0.2) is 0 Å².